The molecule has 1 unspecified atom stereocenters. The van der Waals surface area contributed by atoms with E-state index < -0.39 is 0 Å². The maximum absolute atomic E-state index is 12.0. The maximum atomic E-state index is 12.0. The van der Waals surface area contributed by atoms with Gasteiger partial charge in [0.25, 0.3) is 0 Å². The molecule has 1 aromatic rings. The van der Waals surface area contributed by atoms with Gasteiger partial charge in [0.2, 0.25) is 5.91 Å². The number of morpholine rings is 1. The average molecular weight is 305 g/mol. The Morgan fingerprint density at radius 1 is 1.41 bits per heavy atom. The van der Waals surface area contributed by atoms with Crippen LogP contribution >= 0.6 is 0 Å². The minimum atomic E-state index is -0.247. The Hall–Kier alpha value is -1.43. The zero-order chi connectivity index (χ0) is 16.0. The molecule has 22 heavy (non-hydrogen) atoms. The van der Waals surface area contributed by atoms with Gasteiger partial charge in [-0.25, -0.2) is 0 Å². The number of nitrogens with one attached hydrogen (secondary N) is 1. The summed E-state index contributed by atoms with van der Waals surface area (Å²) in [6.45, 7) is 8.25. The highest BCUT2D eigenvalue weighted by Gasteiger charge is 2.26. The molecule has 0 aliphatic carbocycles. The summed E-state index contributed by atoms with van der Waals surface area (Å²) in [6, 6.07) is 9.48. The van der Waals surface area contributed by atoms with Gasteiger partial charge >= 0.3 is 0 Å². The summed E-state index contributed by atoms with van der Waals surface area (Å²) < 4.78 is 5.68. The molecular formula is C17H27N3O2. The summed E-state index contributed by atoms with van der Waals surface area (Å²) in [5, 5.41) is 2.96. The molecule has 0 saturated carbocycles. The van der Waals surface area contributed by atoms with E-state index in [0.717, 1.165) is 31.8 Å². The van der Waals surface area contributed by atoms with Crippen LogP contribution in [0.5, 0.6) is 0 Å². The summed E-state index contributed by atoms with van der Waals surface area (Å²) in [7, 11) is 0. The molecule has 0 aromatic heterocycles. The molecular weight excluding hydrogens is 278 g/mol. The number of benzene rings is 1. The van der Waals surface area contributed by atoms with Crippen LogP contribution in [-0.4, -0.2) is 49.2 Å². The molecule has 0 radical (unpaired) electrons. The SMILES string of the molecule is CC1(C)CN(CCNC(=O)CC(N)c2ccccc2)CCO1. The molecule has 1 aromatic carbocycles. The van der Waals surface area contributed by atoms with Gasteiger partial charge in [-0.1, -0.05) is 30.3 Å². The fraction of sp³-hybridized carbons (Fsp3) is 0.588. The van der Waals surface area contributed by atoms with Crippen molar-refractivity contribution in [1.82, 2.24) is 10.2 Å². The molecule has 1 atom stereocenters. The lowest BCUT2D eigenvalue weighted by Crippen LogP contribution is -2.50. The first kappa shape index (κ1) is 16.9. The monoisotopic (exact) mass is 305 g/mol. The summed E-state index contributed by atoms with van der Waals surface area (Å²) in [4.78, 5) is 14.3. The van der Waals surface area contributed by atoms with E-state index in [4.69, 9.17) is 10.5 Å². The lowest BCUT2D eigenvalue weighted by atomic mass is 10.0. The third-order valence-corrected chi connectivity index (χ3v) is 3.89. The van der Waals surface area contributed by atoms with Crippen LogP contribution in [0.4, 0.5) is 0 Å². The van der Waals surface area contributed by atoms with Crippen molar-refractivity contribution in [3.05, 3.63) is 35.9 Å². The molecule has 2 rings (SSSR count). The molecule has 5 heteroatoms. The van der Waals surface area contributed by atoms with Crippen molar-refractivity contribution >= 4 is 5.91 Å². The summed E-state index contributed by atoms with van der Waals surface area (Å²) in [5.41, 5.74) is 6.95. The standard InChI is InChI=1S/C17H27N3O2/c1-17(2)13-20(10-11-22-17)9-8-19-16(21)12-15(18)14-6-4-3-5-7-14/h3-7,15H,8-13,18H2,1-2H3,(H,19,21). The van der Waals surface area contributed by atoms with Gasteiger partial charge < -0.3 is 15.8 Å². The highest BCUT2D eigenvalue weighted by atomic mass is 16.5. The van der Waals surface area contributed by atoms with Crippen molar-refractivity contribution in [2.24, 2.45) is 5.73 Å². The van der Waals surface area contributed by atoms with E-state index >= 15 is 0 Å². The van der Waals surface area contributed by atoms with Gasteiger partial charge in [-0.15, -0.1) is 0 Å². The Labute approximate surface area is 132 Å². The molecule has 1 aliphatic heterocycles. The minimum Gasteiger partial charge on any atom is -0.373 e. The normalized spacial score (nSPS) is 19.6. The molecule has 1 fully saturated rings. The van der Waals surface area contributed by atoms with Gasteiger partial charge in [0.15, 0.2) is 0 Å². The second kappa shape index (κ2) is 7.72. The van der Waals surface area contributed by atoms with Gasteiger partial charge in [0.1, 0.15) is 0 Å². The Kier molecular flexibility index (Phi) is 5.94. The van der Waals surface area contributed by atoms with E-state index in [0.29, 0.717) is 13.0 Å². The lowest BCUT2D eigenvalue weighted by Gasteiger charge is -2.38. The zero-order valence-corrected chi connectivity index (χ0v) is 13.5. The van der Waals surface area contributed by atoms with Crippen LogP contribution in [0, 0.1) is 0 Å². The fourth-order valence-corrected chi connectivity index (χ4v) is 2.75. The number of rotatable bonds is 6. The Morgan fingerprint density at radius 3 is 2.82 bits per heavy atom. The van der Waals surface area contributed by atoms with E-state index in [2.05, 4.69) is 24.1 Å². The van der Waals surface area contributed by atoms with Gasteiger partial charge in [-0.2, -0.15) is 0 Å². The molecule has 1 amide bonds. The number of carbonyl (C=O) groups excluding carboxylic acids is 1. The zero-order valence-electron chi connectivity index (χ0n) is 13.5. The Bertz CT molecular complexity index is 476. The topological polar surface area (TPSA) is 67.6 Å². The summed E-state index contributed by atoms with van der Waals surface area (Å²) in [6.07, 6.45) is 0.318. The molecule has 1 heterocycles. The average Bonchev–Trinajstić information content (AvgIpc) is 2.47. The van der Waals surface area contributed by atoms with Crippen molar-refractivity contribution in [1.29, 1.82) is 0 Å². The predicted molar refractivity (Wildman–Crippen MR) is 87.5 cm³/mol. The van der Waals surface area contributed by atoms with E-state index in [-0.39, 0.29) is 17.6 Å². The first-order chi connectivity index (χ1) is 10.5. The molecule has 3 N–H and O–H groups in total. The number of ether oxygens (including phenoxy) is 1. The van der Waals surface area contributed by atoms with Crippen molar-refractivity contribution in [2.75, 3.05) is 32.8 Å². The summed E-state index contributed by atoms with van der Waals surface area (Å²) >= 11 is 0. The number of amides is 1. The van der Waals surface area contributed by atoms with E-state index in [1.807, 2.05) is 30.3 Å². The molecule has 5 nitrogen and oxygen atoms in total. The predicted octanol–water partition coefficient (Wildman–Crippen LogP) is 1.30. The van der Waals surface area contributed by atoms with E-state index in [1.54, 1.807) is 0 Å². The third kappa shape index (κ3) is 5.40. The first-order valence-electron chi connectivity index (χ1n) is 7.90. The largest absolute Gasteiger partial charge is 0.373 e. The van der Waals surface area contributed by atoms with Gasteiger partial charge in [0, 0.05) is 38.6 Å². The number of nitrogens with two attached hydrogens (primary N) is 1. The van der Waals surface area contributed by atoms with Crippen molar-refractivity contribution in [2.45, 2.75) is 31.9 Å². The van der Waals surface area contributed by atoms with Gasteiger partial charge in [-0.05, 0) is 19.4 Å². The third-order valence-electron chi connectivity index (χ3n) is 3.89. The number of hydrogen-bond acceptors (Lipinski definition) is 4. The lowest BCUT2D eigenvalue weighted by molar-refractivity contribution is -0.121. The van der Waals surface area contributed by atoms with Crippen LogP contribution in [-0.2, 0) is 9.53 Å². The molecule has 0 spiro atoms. The van der Waals surface area contributed by atoms with E-state index in [9.17, 15) is 4.79 Å². The second-order valence-corrected chi connectivity index (χ2v) is 6.46. The van der Waals surface area contributed by atoms with Crippen molar-refractivity contribution in [3.63, 3.8) is 0 Å². The van der Waals surface area contributed by atoms with Crippen LogP contribution in [0.15, 0.2) is 30.3 Å². The molecule has 1 aliphatic rings. The molecule has 122 valence electrons. The highest BCUT2D eigenvalue weighted by Crippen LogP contribution is 2.16. The maximum Gasteiger partial charge on any atom is 0.221 e. The Balaban J connectivity index is 1.68. The van der Waals surface area contributed by atoms with Crippen LogP contribution in [0.2, 0.25) is 0 Å². The highest BCUT2D eigenvalue weighted by molar-refractivity contribution is 5.76. The van der Waals surface area contributed by atoms with Crippen LogP contribution < -0.4 is 11.1 Å². The van der Waals surface area contributed by atoms with Gasteiger partial charge in [-0.3, -0.25) is 9.69 Å². The Morgan fingerprint density at radius 2 is 2.14 bits per heavy atom. The quantitative estimate of drug-likeness (QED) is 0.831. The van der Waals surface area contributed by atoms with E-state index in [1.165, 1.54) is 0 Å². The van der Waals surface area contributed by atoms with Crippen LogP contribution in [0.25, 0.3) is 0 Å². The molecule has 0 bridgehead atoms. The van der Waals surface area contributed by atoms with Crippen molar-refractivity contribution in [3.8, 4) is 0 Å². The first-order valence-corrected chi connectivity index (χ1v) is 7.90. The number of carbonyl (C=O) groups is 1. The smallest absolute Gasteiger partial charge is 0.221 e. The summed E-state index contributed by atoms with van der Waals surface area (Å²) in [5.74, 6) is 0.00359. The fourth-order valence-electron chi connectivity index (χ4n) is 2.75. The van der Waals surface area contributed by atoms with Crippen LogP contribution in [0.3, 0.4) is 0 Å². The molecule has 1 saturated heterocycles. The number of hydrogen-bond donors (Lipinski definition) is 2. The van der Waals surface area contributed by atoms with Crippen molar-refractivity contribution < 1.29 is 9.53 Å². The number of nitrogens with zero attached hydrogens (tertiary/aromatic N) is 1. The van der Waals surface area contributed by atoms with Crippen LogP contribution in [0.1, 0.15) is 31.9 Å². The minimum absolute atomic E-state index is 0.00359. The van der Waals surface area contributed by atoms with Gasteiger partial charge in [0.05, 0.1) is 12.2 Å². The second-order valence-electron chi connectivity index (χ2n) is 6.46.